The van der Waals surface area contributed by atoms with Crippen molar-refractivity contribution in [1.29, 1.82) is 0 Å². The standard InChI is InChI=1S/C21H29O3/c1-20-8-6-15-19(16(20)9-13(12-20)10-18(23)24)17(22)11-14-5-3-4-7-21(14,15)2/h11,13,15-16,19H,3-10,12H2,1-2H3/t13?,15?,16?,19?,20-,21+/m1/s1. The number of hydrogen-bond acceptors (Lipinski definition) is 2. The second-order valence-corrected chi connectivity index (χ2v) is 9.51. The van der Waals surface area contributed by atoms with E-state index in [0.717, 1.165) is 32.1 Å². The van der Waals surface area contributed by atoms with Crippen LogP contribution in [0.3, 0.4) is 0 Å². The van der Waals surface area contributed by atoms with E-state index in [1.165, 1.54) is 24.8 Å². The van der Waals surface area contributed by atoms with Crippen LogP contribution in [0.2, 0.25) is 0 Å². The van der Waals surface area contributed by atoms with E-state index in [2.05, 4.69) is 13.8 Å². The molecule has 3 fully saturated rings. The first-order valence-corrected chi connectivity index (χ1v) is 9.78. The third-order valence-electron chi connectivity index (χ3n) is 8.18. The Labute approximate surface area is 144 Å². The highest BCUT2D eigenvalue weighted by molar-refractivity contribution is 5.94. The van der Waals surface area contributed by atoms with Gasteiger partial charge in [-0.1, -0.05) is 25.8 Å². The van der Waals surface area contributed by atoms with Crippen LogP contribution < -0.4 is 0 Å². The highest BCUT2D eigenvalue weighted by Gasteiger charge is 2.59. The summed E-state index contributed by atoms with van der Waals surface area (Å²) in [5, 5.41) is 11.1. The van der Waals surface area contributed by atoms with Crippen molar-refractivity contribution in [2.75, 3.05) is 0 Å². The van der Waals surface area contributed by atoms with Crippen LogP contribution in [0.25, 0.3) is 0 Å². The van der Waals surface area contributed by atoms with Crippen LogP contribution >= 0.6 is 0 Å². The molecular formula is C21H29O3. The maximum Gasteiger partial charge on any atom is 0.355 e. The van der Waals surface area contributed by atoms with Crippen molar-refractivity contribution in [3.05, 3.63) is 11.6 Å². The van der Waals surface area contributed by atoms with Crippen LogP contribution in [0.4, 0.5) is 0 Å². The zero-order valence-electron chi connectivity index (χ0n) is 15.0. The summed E-state index contributed by atoms with van der Waals surface area (Å²) in [6.45, 7) is 4.71. The van der Waals surface area contributed by atoms with Gasteiger partial charge in [-0.25, -0.2) is 9.90 Å². The molecule has 0 N–H and O–H groups in total. The number of rotatable bonds is 2. The van der Waals surface area contributed by atoms with Crippen LogP contribution in [0, 0.1) is 34.5 Å². The molecule has 0 heterocycles. The molecule has 0 aromatic carbocycles. The summed E-state index contributed by atoms with van der Waals surface area (Å²) < 4.78 is 0. The Morgan fingerprint density at radius 1 is 1.21 bits per heavy atom. The van der Waals surface area contributed by atoms with Crippen LogP contribution in [0.1, 0.15) is 71.6 Å². The first kappa shape index (κ1) is 16.4. The highest BCUT2D eigenvalue weighted by atomic mass is 16.4. The summed E-state index contributed by atoms with van der Waals surface area (Å²) in [7, 11) is 0. The minimum atomic E-state index is -0.935. The molecule has 0 aromatic heterocycles. The SMILES string of the molecule is C[C@]12CCC3C(C(=O)C=C4CCCC[C@@]43C)C1CC(CC([O])=O)C2. The van der Waals surface area contributed by atoms with Crippen molar-refractivity contribution < 1.29 is 14.7 Å². The lowest BCUT2D eigenvalue weighted by Gasteiger charge is -2.55. The van der Waals surface area contributed by atoms with Crippen LogP contribution in [0.15, 0.2) is 11.6 Å². The van der Waals surface area contributed by atoms with Gasteiger partial charge in [0.25, 0.3) is 0 Å². The number of ketones is 1. The van der Waals surface area contributed by atoms with E-state index in [1.54, 1.807) is 0 Å². The number of carbonyl (C=O) groups excluding carboxylic acids is 2. The monoisotopic (exact) mass is 329 g/mol. The number of allylic oxidation sites excluding steroid dienone is 2. The average molecular weight is 329 g/mol. The Kier molecular flexibility index (Phi) is 3.71. The Bertz CT molecular complexity index is 606. The van der Waals surface area contributed by atoms with E-state index in [-0.39, 0.29) is 29.1 Å². The van der Waals surface area contributed by atoms with Crippen molar-refractivity contribution in [2.24, 2.45) is 34.5 Å². The van der Waals surface area contributed by atoms with Gasteiger partial charge in [0.05, 0.1) is 6.42 Å². The lowest BCUT2D eigenvalue weighted by Crippen LogP contribution is -2.51. The Morgan fingerprint density at radius 3 is 2.75 bits per heavy atom. The second-order valence-electron chi connectivity index (χ2n) is 9.51. The highest BCUT2D eigenvalue weighted by Crippen LogP contribution is 2.65. The van der Waals surface area contributed by atoms with Gasteiger partial charge in [0.2, 0.25) is 0 Å². The molecule has 4 rings (SSSR count). The average Bonchev–Trinajstić information content (AvgIpc) is 2.83. The number of fused-ring (bicyclic) bond motifs is 5. The zero-order chi connectivity index (χ0) is 17.1. The van der Waals surface area contributed by atoms with E-state index < -0.39 is 5.97 Å². The topological polar surface area (TPSA) is 54.0 Å². The summed E-state index contributed by atoms with van der Waals surface area (Å²) in [5.41, 5.74) is 1.77. The summed E-state index contributed by atoms with van der Waals surface area (Å²) in [4.78, 5) is 24.1. The maximum atomic E-state index is 13.0. The summed E-state index contributed by atoms with van der Waals surface area (Å²) in [5.74, 6) is 0.577. The molecule has 0 saturated heterocycles. The van der Waals surface area contributed by atoms with Gasteiger partial charge in [0.1, 0.15) is 0 Å². The summed E-state index contributed by atoms with van der Waals surface area (Å²) in [6, 6.07) is 0. The molecule has 0 aliphatic heterocycles. The summed E-state index contributed by atoms with van der Waals surface area (Å²) in [6.07, 6.45) is 11.1. The Balaban J connectivity index is 1.67. The van der Waals surface area contributed by atoms with Gasteiger partial charge in [0, 0.05) is 5.92 Å². The Hall–Kier alpha value is -1.12. The maximum absolute atomic E-state index is 13.0. The van der Waals surface area contributed by atoms with Crippen LogP contribution in [0.5, 0.6) is 0 Å². The molecular weight excluding hydrogens is 300 g/mol. The quantitative estimate of drug-likeness (QED) is 0.750. The molecule has 0 aromatic rings. The van der Waals surface area contributed by atoms with Crippen molar-refractivity contribution >= 4 is 11.8 Å². The normalized spacial score (nSPS) is 47.4. The van der Waals surface area contributed by atoms with Gasteiger partial charge in [-0.15, -0.1) is 0 Å². The molecule has 24 heavy (non-hydrogen) atoms. The first-order chi connectivity index (χ1) is 11.3. The third kappa shape index (κ3) is 2.30. The van der Waals surface area contributed by atoms with E-state index in [4.69, 9.17) is 0 Å². The zero-order valence-corrected chi connectivity index (χ0v) is 15.0. The fourth-order valence-electron chi connectivity index (χ4n) is 7.04. The Morgan fingerprint density at radius 2 is 2.00 bits per heavy atom. The van der Waals surface area contributed by atoms with E-state index in [9.17, 15) is 14.7 Å². The van der Waals surface area contributed by atoms with Crippen LogP contribution in [-0.4, -0.2) is 11.8 Å². The molecule has 3 saturated carbocycles. The molecule has 3 nitrogen and oxygen atoms in total. The minimum Gasteiger partial charge on any atom is -0.295 e. The van der Waals surface area contributed by atoms with E-state index >= 15 is 0 Å². The van der Waals surface area contributed by atoms with Gasteiger partial charge in [0.15, 0.2) is 5.78 Å². The third-order valence-corrected chi connectivity index (χ3v) is 8.18. The molecule has 4 unspecified atom stereocenters. The molecule has 6 atom stereocenters. The predicted octanol–water partition coefficient (Wildman–Crippen LogP) is 4.48. The first-order valence-electron chi connectivity index (χ1n) is 9.78. The molecule has 0 bridgehead atoms. The lowest BCUT2D eigenvalue weighted by atomic mass is 9.48. The molecule has 3 heteroatoms. The summed E-state index contributed by atoms with van der Waals surface area (Å²) >= 11 is 0. The molecule has 4 aliphatic rings. The van der Waals surface area contributed by atoms with Crippen LogP contribution in [-0.2, 0) is 14.7 Å². The fourth-order valence-corrected chi connectivity index (χ4v) is 7.04. The smallest absolute Gasteiger partial charge is 0.295 e. The van der Waals surface area contributed by atoms with Crippen molar-refractivity contribution in [2.45, 2.75) is 71.6 Å². The van der Waals surface area contributed by atoms with E-state index in [1.807, 2.05) is 6.08 Å². The number of carbonyl (C=O) groups is 2. The van der Waals surface area contributed by atoms with Crippen molar-refractivity contribution in [3.8, 4) is 0 Å². The molecule has 131 valence electrons. The van der Waals surface area contributed by atoms with Crippen molar-refractivity contribution in [3.63, 3.8) is 0 Å². The predicted molar refractivity (Wildman–Crippen MR) is 90.5 cm³/mol. The van der Waals surface area contributed by atoms with E-state index in [0.29, 0.717) is 17.6 Å². The van der Waals surface area contributed by atoms with Gasteiger partial charge in [-0.05, 0) is 79.6 Å². The molecule has 0 amide bonds. The largest absolute Gasteiger partial charge is 0.355 e. The molecule has 0 spiro atoms. The van der Waals surface area contributed by atoms with Gasteiger partial charge in [-0.2, -0.15) is 0 Å². The minimum absolute atomic E-state index is 0.127. The van der Waals surface area contributed by atoms with Gasteiger partial charge >= 0.3 is 5.97 Å². The van der Waals surface area contributed by atoms with Gasteiger partial charge < -0.3 is 0 Å². The van der Waals surface area contributed by atoms with Gasteiger partial charge in [-0.3, -0.25) is 4.79 Å². The lowest BCUT2D eigenvalue weighted by molar-refractivity contribution is -0.144. The second kappa shape index (κ2) is 5.44. The molecule has 1 radical (unpaired) electrons. The molecule has 4 aliphatic carbocycles. The fraction of sp³-hybridized carbons (Fsp3) is 0.810. The number of hydrogen-bond donors (Lipinski definition) is 0. The van der Waals surface area contributed by atoms with Crippen molar-refractivity contribution in [1.82, 2.24) is 0 Å².